The monoisotopic (exact) mass is 309 g/mol. The summed E-state index contributed by atoms with van der Waals surface area (Å²) in [6.07, 6.45) is 1.56. The van der Waals surface area contributed by atoms with Crippen molar-refractivity contribution in [1.29, 1.82) is 0 Å². The number of anilines is 1. The van der Waals surface area contributed by atoms with Gasteiger partial charge in [0.05, 0.1) is 18.3 Å². The van der Waals surface area contributed by atoms with Crippen LogP contribution in [-0.2, 0) is 27.7 Å². The molecule has 0 bridgehead atoms. The first-order valence-corrected chi connectivity index (χ1v) is 7.77. The largest absolute Gasteiger partial charge is 0.481 e. The minimum absolute atomic E-state index is 0.0514. The second-order valence-corrected chi connectivity index (χ2v) is 6.03. The molecule has 8 heteroatoms. The Balaban J connectivity index is 2.30. The normalized spacial score (nSPS) is 11.3. The van der Waals surface area contributed by atoms with E-state index < -0.39 is 16.0 Å². The van der Waals surface area contributed by atoms with Crippen LogP contribution in [0.15, 0.2) is 35.5 Å². The summed E-state index contributed by atoms with van der Waals surface area (Å²) in [6.45, 7) is 1.85. The first-order valence-electron chi connectivity index (χ1n) is 6.28. The molecule has 1 heterocycles. The highest BCUT2D eigenvalue weighted by Gasteiger charge is 2.19. The minimum atomic E-state index is -3.82. The second kappa shape index (κ2) is 5.96. The summed E-state index contributed by atoms with van der Waals surface area (Å²) < 4.78 is 26.9. The first-order chi connectivity index (χ1) is 9.92. The maximum Gasteiger partial charge on any atom is 0.307 e. The second-order valence-electron chi connectivity index (χ2n) is 4.38. The number of carboxylic acid groups (broad SMARTS) is 1. The van der Waals surface area contributed by atoms with Crippen molar-refractivity contribution in [1.82, 2.24) is 9.97 Å². The fourth-order valence-corrected chi connectivity index (χ4v) is 2.84. The minimum Gasteiger partial charge on any atom is -0.481 e. The topological polar surface area (TPSA) is 112 Å². The Morgan fingerprint density at radius 2 is 2.10 bits per heavy atom. The fourth-order valence-electron chi connectivity index (χ4n) is 1.80. The Bertz CT molecular complexity index is 752. The van der Waals surface area contributed by atoms with Crippen LogP contribution in [0.4, 0.5) is 5.69 Å². The number of nitrogens with zero attached hydrogens (tertiary/aromatic N) is 1. The summed E-state index contributed by atoms with van der Waals surface area (Å²) in [5.41, 5.74) is 0.636. The van der Waals surface area contributed by atoms with Crippen LogP contribution in [0, 0.1) is 0 Å². The van der Waals surface area contributed by atoms with Crippen LogP contribution >= 0.6 is 0 Å². The number of rotatable bonds is 6. The van der Waals surface area contributed by atoms with E-state index in [1.54, 1.807) is 18.2 Å². The van der Waals surface area contributed by atoms with Crippen LogP contribution in [0.2, 0.25) is 0 Å². The molecule has 2 rings (SSSR count). The molecule has 0 radical (unpaired) electrons. The number of sulfonamides is 1. The summed E-state index contributed by atoms with van der Waals surface area (Å²) in [5, 5.41) is 8.80. The van der Waals surface area contributed by atoms with E-state index in [0.717, 1.165) is 0 Å². The van der Waals surface area contributed by atoms with E-state index in [-0.39, 0.29) is 17.1 Å². The molecule has 0 saturated carbocycles. The number of hydrogen-bond donors (Lipinski definition) is 3. The fraction of sp³-hybridized carbons (Fsp3) is 0.231. The average Bonchev–Trinajstić information content (AvgIpc) is 2.90. The number of aromatic nitrogens is 2. The number of para-hydroxylation sites is 1. The Morgan fingerprint density at radius 1 is 1.38 bits per heavy atom. The number of carbonyl (C=O) groups is 1. The lowest BCUT2D eigenvalue weighted by atomic mass is 10.1. The Morgan fingerprint density at radius 3 is 2.71 bits per heavy atom. The van der Waals surface area contributed by atoms with E-state index in [4.69, 9.17) is 5.11 Å². The molecule has 0 amide bonds. The number of nitrogens with one attached hydrogen (secondary N) is 2. The van der Waals surface area contributed by atoms with Crippen molar-refractivity contribution in [3.8, 4) is 0 Å². The molecule has 7 nitrogen and oxygen atoms in total. The van der Waals surface area contributed by atoms with Crippen molar-refractivity contribution in [2.75, 3.05) is 4.72 Å². The summed E-state index contributed by atoms with van der Waals surface area (Å²) in [6, 6.07) is 6.37. The van der Waals surface area contributed by atoms with E-state index in [1.165, 1.54) is 12.3 Å². The summed E-state index contributed by atoms with van der Waals surface area (Å²) in [7, 11) is -3.82. The molecular formula is C13H15N3O4S. The Labute approximate surface area is 122 Å². The molecule has 0 atom stereocenters. The number of hydrogen-bond acceptors (Lipinski definition) is 4. The number of benzene rings is 1. The molecule has 3 N–H and O–H groups in total. The van der Waals surface area contributed by atoms with Crippen LogP contribution in [0.3, 0.4) is 0 Å². The molecule has 0 aliphatic heterocycles. The van der Waals surface area contributed by atoms with Gasteiger partial charge in [-0.05, 0) is 11.6 Å². The molecule has 2 aromatic rings. The zero-order valence-electron chi connectivity index (χ0n) is 11.3. The van der Waals surface area contributed by atoms with Gasteiger partial charge in [-0.3, -0.25) is 9.52 Å². The zero-order chi connectivity index (χ0) is 15.5. The van der Waals surface area contributed by atoms with Crippen molar-refractivity contribution in [2.45, 2.75) is 24.8 Å². The van der Waals surface area contributed by atoms with Crippen molar-refractivity contribution in [3.05, 3.63) is 41.9 Å². The predicted octanol–water partition coefficient (Wildman–Crippen LogP) is 1.40. The molecule has 0 unspecified atom stereocenters. The third kappa shape index (κ3) is 3.60. The maximum absolute atomic E-state index is 12.2. The van der Waals surface area contributed by atoms with Gasteiger partial charge in [0, 0.05) is 6.42 Å². The van der Waals surface area contributed by atoms with Crippen LogP contribution in [0.25, 0.3) is 0 Å². The molecule has 0 aliphatic carbocycles. The summed E-state index contributed by atoms with van der Waals surface area (Å²) in [4.78, 5) is 17.5. The van der Waals surface area contributed by atoms with Gasteiger partial charge in [0.15, 0.2) is 5.03 Å². The number of carboxylic acids is 1. The Hall–Kier alpha value is -2.35. The lowest BCUT2D eigenvalue weighted by molar-refractivity contribution is -0.136. The van der Waals surface area contributed by atoms with Crippen molar-refractivity contribution < 1.29 is 18.3 Å². The van der Waals surface area contributed by atoms with Crippen LogP contribution in [0.1, 0.15) is 18.3 Å². The van der Waals surface area contributed by atoms with Crippen LogP contribution < -0.4 is 4.72 Å². The van der Waals surface area contributed by atoms with E-state index >= 15 is 0 Å². The maximum atomic E-state index is 12.2. The molecule has 0 spiro atoms. The van der Waals surface area contributed by atoms with Gasteiger partial charge in [-0.15, -0.1) is 0 Å². The lowest BCUT2D eigenvalue weighted by Crippen LogP contribution is -2.15. The SMILES string of the molecule is CCc1ncc(S(=O)(=O)Nc2ccccc2CC(=O)O)[nH]1. The van der Waals surface area contributed by atoms with Gasteiger partial charge in [0.25, 0.3) is 10.0 Å². The molecule has 0 saturated heterocycles. The van der Waals surface area contributed by atoms with E-state index in [1.807, 2.05) is 6.92 Å². The quantitative estimate of drug-likeness (QED) is 0.746. The molecule has 1 aromatic heterocycles. The van der Waals surface area contributed by atoms with Gasteiger partial charge < -0.3 is 10.1 Å². The molecule has 1 aromatic carbocycles. The van der Waals surface area contributed by atoms with Crippen LogP contribution in [-0.4, -0.2) is 29.5 Å². The van der Waals surface area contributed by atoms with Gasteiger partial charge in [-0.2, -0.15) is 8.42 Å². The molecule has 0 aliphatic rings. The molecule has 112 valence electrons. The number of aliphatic carboxylic acids is 1. The van der Waals surface area contributed by atoms with Gasteiger partial charge in [-0.1, -0.05) is 25.1 Å². The molecule has 21 heavy (non-hydrogen) atoms. The molecular weight excluding hydrogens is 294 g/mol. The number of aryl methyl sites for hydroxylation is 1. The Kier molecular flexibility index (Phi) is 4.27. The number of aromatic amines is 1. The predicted molar refractivity (Wildman–Crippen MR) is 76.6 cm³/mol. The van der Waals surface area contributed by atoms with Crippen molar-refractivity contribution >= 4 is 21.7 Å². The average molecular weight is 309 g/mol. The van der Waals surface area contributed by atoms with E-state index in [2.05, 4.69) is 14.7 Å². The third-order valence-electron chi connectivity index (χ3n) is 2.83. The standard InChI is InChI=1S/C13H15N3O4S/c1-2-11-14-8-12(15-11)21(19,20)16-10-6-4-3-5-9(10)7-13(17)18/h3-6,8,16H,2,7H2,1H3,(H,14,15)(H,17,18). The number of H-pyrrole nitrogens is 1. The van der Waals surface area contributed by atoms with Gasteiger partial charge in [-0.25, -0.2) is 4.98 Å². The van der Waals surface area contributed by atoms with E-state index in [9.17, 15) is 13.2 Å². The summed E-state index contributed by atoms with van der Waals surface area (Å²) >= 11 is 0. The zero-order valence-corrected chi connectivity index (χ0v) is 12.1. The third-order valence-corrected chi connectivity index (χ3v) is 4.11. The van der Waals surface area contributed by atoms with Gasteiger partial charge in [0.2, 0.25) is 0 Å². The van der Waals surface area contributed by atoms with Crippen LogP contribution in [0.5, 0.6) is 0 Å². The van der Waals surface area contributed by atoms with Crippen molar-refractivity contribution in [2.24, 2.45) is 0 Å². The highest BCUT2D eigenvalue weighted by Crippen LogP contribution is 2.20. The molecule has 0 fully saturated rings. The van der Waals surface area contributed by atoms with Crippen molar-refractivity contribution in [3.63, 3.8) is 0 Å². The number of imidazole rings is 1. The highest BCUT2D eigenvalue weighted by molar-refractivity contribution is 7.92. The highest BCUT2D eigenvalue weighted by atomic mass is 32.2. The summed E-state index contributed by atoms with van der Waals surface area (Å²) in [5.74, 6) is -0.467. The smallest absolute Gasteiger partial charge is 0.307 e. The first kappa shape index (κ1) is 15.0. The van der Waals surface area contributed by atoms with Gasteiger partial charge in [0.1, 0.15) is 5.82 Å². The van der Waals surface area contributed by atoms with Gasteiger partial charge >= 0.3 is 5.97 Å². The van der Waals surface area contributed by atoms with E-state index in [0.29, 0.717) is 17.8 Å². The lowest BCUT2D eigenvalue weighted by Gasteiger charge is -2.10.